The van der Waals surface area contributed by atoms with Gasteiger partial charge in [0.25, 0.3) is 0 Å². The molecule has 1 aromatic carbocycles. The molecule has 0 aliphatic carbocycles. The minimum Gasteiger partial charge on any atom is -0.480 e. The van der Waals surface area contributed by atoms with Crippen molar-refractivity contribution in [2.75, 3.05) is 13.1 Å². The van der Waals surface area contributed by atoms with Crippen LogP contribution in [-0.4, -0.2) is 46.9 Å². The highest BCUT2D eigenvalue weighted by atomic mass is 19.2. The van der Waals surface area contributed by atoms with Gasteiger partial charge in [-0.25, -0.2) is 13.6 Å². The molecule has 2 amide bonds. The third kappa shape index (κ3) is 3.33. The molecule has 1 aliphatic heterocycles. The maximum absolute atomic E-state index is 13.1. The maximum atomic E-state index is 13.1. The summed E-state index contributed by atoms with van der Waals surface area (Å²) in [7, 11) is 0. The van der Waals surface area contributed by atoms with Crippen LogP contribution in [0.2, 0.25) is 0 Å². The van der Waals surface area contributed by atoms with Crippen molar-refractivity contribution in [3.05, 3.63) is 35.4 Å². The third-order valence-electron chi connectivity index (χ3n) is 3.13. The second kappa shape index (κ2) is 5.86. The van der Waals surface area contributed by atoms with Crippen LogP contribution in [0.15, 0.2) is 18.2 Å². The van der Waals surface area contributed by atoms with Gasteiger partial charge in [0.15, 0.2) is 11.6 Å². The fourth-order valence-corrected chi connectivity index (χ4v) is 2.05. The van der Waals surface area contributed by atoms with E-state index in [1.54, 1.807) is 0 Å². The number of hydrogen-bond acceptors (Lipinski definition) is 3. The monoisotopic (exact) mass is 298 g/mol. The predicted molar refractivity (Wildman–Crippen MR) is 66.2 cm³/mol. The molecular weight excluding hydrogens is 286 g/mol. The number of halogens is 2. The van der Waals surface area contributed by atoms with Gasteiger partial charge >= 0.3 is 5.97 Å². The lowest BCUT2D eigenvalue weighted by Gasteiger charge is -2.32. The summed E-state index contributed by atoms with van der Waals surface area (Å²) in [5.41, 5.74) is 0.203. The number of nitrogens with zero attached hydrogens (tertiary/aromatic N) is 1. The van der Waals surface area contributed by atoms with Crippen molar-refractivity contribution in [2.45, 2.75) is 12.5 Å². The van der Waals surface area contributed by atoms with E-state index in [1.807, 2.05) is 0 Å². The van der Waals surface area contributed by atoms with E-state index in [-0.39, 0.29) is 25.1 Å². The molecule has 0 aromatic heterocycles. The summed E-state index contributed by atoms with van der Waals surface area (Å²) in [5, 5.41) is 11.4. The quantitative estimate of drug-likeness (QED) is 0.817. The zero-order chi connectivity index (χ0) is 15.6. The summed E-state index contributed by atoms with van der Waals surface area (Å²) in [6, 6.07) is 1.82. The van der Waals surface area contributed by atoms with E-state index in [9.17, 15) is 23.2 Å². The summed E-state index contributed by atoms with van der Waals surface area (Å²) in [4.78, 5) is 35.4. The normalized spacial score (nSPS) is 18.3. The Bertz CT molecular complexity index is 606. The Morgan fingerprint density at radius 2 is 2.05 bits per heavy atom. The number of nitrogens with one attached hydrogen (secondary N) is 1. The number of aliphatic carboxylic acids is 1. The van der Waals surface area contributed by atoms with Crippen molar-refractivity contribution >= 4 is 17.8 Å². The van der Waals surface area contributed by atoms with Gasteiger partial charge in [0.05, 0.1) is 6.42 Å². The molecule has 1 heterocycles. The highest BCUT2D eigenvalue weighted by Gasteiger charge is 2.34. The molecule has 1 aliphatic rings. The summed E-state index contributed by atoms with van der Waals surface area (Å²) in [6.07, 6.45) is -0.311. The predicted octanol–water partition coefficient (Wildman–Crippen LogP) is -0.0811. The van der Waals surface area contributed by atoms with Crippen molar-refractivity contribution in [1.82, 2.24) is 10.2 Å². The summed E-state index contributed by atoms with van der Waals surface area (Å²) in [5.74, 6) is -4.47. The Kier molecular flexibility index (Phi) is 4.15. The van der Waals surface area contributed by atoms with E-state index < -0.39 is 35.5 Å². The Morgan fingerprint density at radius 3 is 2.67 bits per heavy atom. The van der Waals surface area contributed by atoms with Crippen molar-refractivity contribution < 1.29 is 28.3 Å². The average molecular weight is 298 g/mol. The van der Waals surface area contributed by atoms with E-state index in [2.05, 4.69) is 5.32 Å². The zero-order valence-electron chi connectivity index (χ0n) is 10.8. The number of amides is 2. The van der Waals surface area contributed by atoms with Crippen LogP contribution in [0.5, 0.6) is 0 Å². The van der Waals surface area contributed by atoms with Crippen LogP contribution in [-0.2, 0) is 20.8 Å². The van der Waals surface area contributed by atoms with Crippen molar-refractivity contribution in [1.29, 1.82) is 0 Å². The fourth-order valence-electron chi connectivity index (χ4n) is 2.05. The first-order valence-corrected chi connectivity index (χ1v) is 6.11. The van der Waals surface area contributed by atoms with Gasteiger partial charge in [-0.2, -0.15) is 0 Å². The molecule has 0 bridgehead atoms. The van der Waals surface area contributed by atoms with Crippen molar-refractivity contribution in [3.63, 3.8) is 0 Å². The number of benzene rings is 1. The van der Waals surface area contributed by atoms with Gasteiger partial charge in [0.1, 0.15) is 12.6 Å². The lowest BCUT2D eigenvalue weighted by molar-refractivity contribution is -0.153. The molecular formula is C13H12F2N2O4. The van der Waals surface area contributed by atoms with Crippen LogP contribution in [0.1, 0.15) is 5.56 Å². The first-order chi connectivity index (χ1) is 9.88. The number of carbonyl (C=O) groups is 3. The number of hydrogen-bond donors (Lipinski definition) is 2. The summed E-state index contributed by atoms with van der Waals surface area (Å²) >= 11 is 0. The smallest absolute Gasteiger partial charge is 0.328 e. The first kappa shape index (κ1) is 14.9. The Labute approximate surface area is 118 Å². The Morgan fingerprint density at radius 1 is 1.33 bits per heavy atom. The van der Waals surface area contributed by atoms with Gasteiger partial charge in [-0.05, 0) is 17.7 Å². The van der Waals surface area contributed by atoms with Crippen LogP contribution < -0.4 is 5.32 Å². The minimum absolute atomic E-state index is 0.183. The van der Waals surface area contributed by atoms with Gasteiger partial charge < -0.3 is 15.3 Å². The maximum Gasteiger partial charge on any atom is 0.328 e. The molecule has 0 radical (unpaired) electrons. The van der Waals surface area contributed by atoms with Gasteiger partial charge in [-0.1, -0.05) is 6.07 Å². The van der Waals surface area contributed by atoms with Crippen molar-refractivity contribution in [3.8, 4) is 0 Å². The highest BCUT2D eigenvalue weighted by molar-refractivity contribution is 5.91. The van der Waals surface area contributed by atoms with E-state index in [4.69, 9.17) is 5.11 Å². The Hall–Kier alpha value is -2.51. The van der Waals surface area contributed by atoms with E-state index in [0.29, 0.717) is 0 Å². The number of carboxylic acids is 1. The van der Waals surface area contributed by atoms with Crippen LogP contribution in [0, 0.1) is 11.6 Å². The van der Waals surface area contributed by atoms with E-state index in [0.717, 1.165) is 17.0 Å². The molecule has 0 spiro atoms. The molecule has 1 unspecified atom stereocenters. The average Bonchev–Trinajstić information content (AvgIpc) is 2.42. The molecule has 1 aromatic rings. The van der Waals surface area contributed by atoms with Crippen molar-refractivity contribution in [2.24, 2.45) is 0 Å². The molecule has 112 valence electrons. The molecule has 1 atom stereocenters. The lowest BCUT2D eigenvalue weighted by Crippen LogP contribution is -2.59. The first-order valence-electron chi connectivity index (χ1n) is 6.11. The van der Waals surface area contributed by atoms with E-state index >= 15 is 0 Å². The number of carbonyl (C=O) groups excluding carboxylic acids is 2. The van der Waals surface area contributed by atoms with E-state index in [1.165, 1.54) is 6.07 Å². The number of rotatable bonds is 3. The molecule has 1 saturated heterocycles. The molecule has 2 N–H and O–H groups in total. The summed E-state index contributed by atoms with van der Waals surface area (Å²) in [6.45, 7) is -0.558. The van der Waals surface area contributed by atoms with Crippen LogP contribution in [0.25, 0.3) is 0 Å². The van der Waals surface area contributed by atoms with Gasteiger partial charge in [-0.3, -0.25) is 9.59 Å². The SMILES string of the molecule is O=C1CN(C(=O)Cc2ccc(F)c(F)c2)C(C(=O)O)CN1. The van der Waals surface area contributed by atoms with Crippen LogP contribution >= 0.6 is 0 Å². The van der Waals surface area contributed by atoms with Gasteiger partial charge in [0, 0.05) is 6.54 Å². The molecule has 0 saturated carbocycles. The molecule has 1 fully saturated rings. The molecule has 2 rings (SSSR count). The van der Waals surface area contributed by atoms with Gasteiger partial charge in [0.2, 0.25) is 11.8 Å². The van der Waals surface area contributed by atoms with Crippen LogP contribution in [0.3, 0.4) is 0 Å². The minimum atomic E-state index is -1.24. The molecule has 6 nitrogen and oxygen atoms in total. The van der Waals surface area contributed by atoms with Gasteiger partial charge in [-0.15, -0.1) is 0 Å². The number of carboxylic acid groups (broad SMARTS) is 1. The standard InChI is InChI=1S/C13H12F2N2O4/c14-8-2-1-7(3-9(8)15)4-12(19)17-6-11(18)16-5-10(17)13(20)21/h1-3,10H,4-6H2,(H,16,18)(H,20,21). The largest absolute Gasteiger partial charge is 0.480 e. The highest BCUT2D eigenvalue weighted by Crippen LogP contribution is 2.12. The topological polar surface area (TPSA) is 86.7 Å². The van der Waals surface area contributed by atoms with Crippen LogP contribution in [0.4, 0.5) is 8.78 Å². The lowest BCUT2D eigenvalue weighted by atomic mass is 10.1. The second-order valence-corrected chi connectivity index (χ2v) is 4.60. The second-order valence-electron chi connectivity index (χ2n) is 4.60. The fraction of sp³-hybridized carbons (Fsp3) is 0.308. The number of piperazine rings is 1. The zero-order valence-corrected chi connectivity index (χ0v) is 10.8. The molecule has 21 heavy (non-hydrogen) atoms. The third-order valence-corrected chi connectivity index (χ3v) is 3.13. The molecule has 8 heteroatoms. The summed E-state index contributed by atoms with van der Waals surface area (Å²) < 4.78 is 25.9. The Balaban J connectivity index is 2.14.